The van der Waals surface area contributed by atoms with Crippen molar-refractivity contribution < 1.29 is 19.8 Å². The number of benzene rings is 1. The van der Waals surface area contributed by atoms with Crippen molar-refractivity contribution in [2.45, 2.75) is 58.3 Å². The smallest absolute Gasteiger partial charge is 0.414 e. The third-order valence-corrected chi connectivity index (χ3v) is 8.62. The Bertz CT molecular complexity index is 981. The summed E-state index contributed by atoms with van der Waals surface area (Å²) in [5.74, 6) is -3.65. The molecule has 1 aromatic rings. The first-order valence-corrected chi connectivity index (χ1v) is 14.2. The van der Waals surface area contributed by atoms with Crippen molar-refractivity contribution in [1.82, 2.24) is 9.80 Å². The molecule has 7 nitrogen and oxygen atoms in total. The first-order chi connectivity index (χ1) is 17.2. The molecule has 0 unspecified atom stereocenters. The molecule has 1 spiro atoms. The summed E-state index contributed by atoms with van der Waals surface area (Å²) in [6.45, 7) is 8.02. The van der Waals surface area contributed by atoms with Gasteiger partial charge in [0, 0.05) is 29.5 Å². The number of carboxylic acid groups (broad SMARTS) is 2. The molecule has 0 saturated carbocycles. The van der Waals surface area contributed by atoms with E-state index in [2.05, 4.69) is 28.2 Å². The molecule has 0 amide bonds. The zero-order valence-electron chi connectivity index (χ0n) is 20.7. The van der Waals surface area contributed by atoms with Crippen molar-refractivity contribution in [2.75, 3.05) is 32.7 Å². The van der Waals surface area contributed by atoms with Gasteiger partial charge in [-0.2, -0.15) is 0 Å². The summed E-state index contributed by atoms with van der Waals surface area (Å²) in [5.41, 5.74) is 2.65. The van der Waals surface area contributed by atoms with Gasteiger partial charge in [0.05, 0.1) is 15.7 Å². The Hall–Kier alpha value is -1.74. The second kappa shape index (κ2) is 13.7. The number of thioether (sulfide) groups is 1. The Morgan fingerprint density at radius 2 is 1.69 bits per heavy atom. The van der Waals surface area contributed by atoms with Gasteiger partial charge in [0.25, 0.3) is 0 Å². The van der Waals surface area contributed by atoms with Crippen molar-refractivity contribution in [3.8, 4) is 0 Å². The molecule has 2 N–H and O–H groups in total. The first kappa shape index (κ1) is 28.8. The first-order valence-electron chi connectivity index (χ1n) is 12.6. The molecule has 3 aliphatic rings. The van der Waals surface area contributed by atoms with E-state index in [1.165, 1.54) is 76.7 Å². The lowest BCUT2D eigenvalue weighted by molar-refractivity contribution is -0.159. The number of aliphatic imine (C=N–C) groups is 1. The van der Waals surface area contributed by atoms with Crippen molar-refractivity contribution in [3.63, 3.8) is 0 Å². The van der Waals surface area contributed by atoms with E-state index < -0.39 is 11.9 Å². The zero-order chi connectivity index (χ0) is 26.1. The van der Waals surface area contributed by atoms with E-state index in [9.17, 15) is 0 Å². The molecule has 3 heterocycles. The molecule has 0 aliphatic carbocycles. The number of carboxylic acids is 2. The lowest BCUT2D eigenvalue weighted by atomic mass is 9.77. The molecule has 1 saturated heterocycles. The molecule has 0 radical (unpaired) electrons. The van der Waals surface area contributed by atoms with Gasteiger partial charge in [0.1, 0.15) is 0 Å². The summed E-state index contributed by atoms with van der Waals surface area (Å²) < 4.78 is 0. The quantitative estimate of drug-likeness (QED) is 0.286. The number of amidine groups is 1. The van der Waals surface area contributed by atoms with Crippen molar-refractivity contribution in [1.29, 1.82) is 0 Å². The summed E-state index contributed by atoms with van der Waals surface area (Å²) in [5, 5.41) is 19.3. The van der Waals surface area contributed by atoms with Crippen LogP contribution in [-0.4, -0.2) is 69.8 Å². The third-order valence-electron chi connectivity index (χ3n) is 6.98. The van der Waals surface area contributed by atoms with Crippen LogP contribution in [0.3, 0.4) is 0 Å². The van der Waals surface area contributed by atoms with E-state index in [1.807, 2.05) is 12.1 Å². The number of fused-ring (bicyclic) bond motifs is 1. The van der Waals surface area contributed by atoms with Crippen molar-refractivity contribution in [3.05, 3.63) is 39.2 Å². The average Bonchev–Trinajstić information content (AvgIpc) is 3.27. The van der Waals surface area contributed by atoms with E-state index >= 15 is 0 Å². The molecule has 198 valence electrons. The maximum Gasteiger partial charge on any atom is 0.414 e. The number of rotatable bonds is 8. The minimum absolute atomic E-state index is 0.307. The molecule has 3 aliphatic heterocycles. The number of hydrogen-bond donors (Lipinski definition) is 2. The molecule has 1 aromatic carbocycles. The van der Waals surface area contributed by atoms with Crippen LogP contribution >= 0.6 is 35.0 Å². The fraction of sp³-hybridized carbons (Fsp3) is 0.577. The van der Waals surface area contributed by atoms with Crippen LogP contribution in [0.1, 0.15) is 63.9 Å². The molecule has 0 atom stereocenters. The largest absolute Gasteiger partial charge is 0.473 e. The highest BCUT2D eigenvalue weighted by Crippen LogP contribution is 2.43. The lowest BCUT2D eigenvalue weighted by Gasteiger charge is -2.46. The van der Waals surface area contributed by atoms with E-state index in [-0.39, 0.29) is 0 Å². The fourth-order valence-corrected chi connectivity index (χ4v) is 6.00. The van der Waals surface area contributed by atoms with Gasteiger partial charge >= 0.3 is 11.9 Å². The molecular formula is C26H35Cl2N3O4S. The van der Waals surface area contributed by atoms with E-state index in [1.54, 1.807) is 11.8 Å². The number of piperidine rings is 1. The molecule has 10 heteroatoms. The maximum absolute atomic E-state index is 9.10. The highest BCUT2D eigenvalue weighted by atomic mass is 35.5. The summed E-state index contributed by atoms with van der Waals surface area (Å²) in [7, 11) is 0. The van der Waals surface area contributed by atoms with Crippen LogP contribution in [0.2, 0.25) is 10.0 Å². The Labute approximate surface area is 227 Å². The van der Waals surface area contributed by atoms with E-state index in [0.29, 0.717) is 15.5 Å². The summed E-state index contributed by atoms with van der Waals surface area (Å²) in [6, 6.07) is 5.93. The highest BCUT2D eigenvalue weighted by molar-refractivity contribution is 8.16. The van der Waals surface area contributed by atoms with Crippen molar-refractivity contribution >= 4 is 57.8 Å². The molecule has 0 aromatic heterocycles. The van der Waals surface area contributed by atoms with E-state index in [0.717, 1.165) is 23.8 Å². The number of nitrogens with zero attached hydrogens (tertiary/aromatic N) is 3. The average molecular weight is 557 g/mol. The van der Waals surface area contributed by atoms with Gasteiger partial charge in [-0.25, -0.2) is 9.59 Å². The predicted molar refractivity (Wildman–Crippen MR) is 148 cm³/mol. The van der Waals surface area contributed by atoms with Gasteiger partial charge in [-0.3, -0.25) is 4.99 Å². The predicted octanol–water partition coefficient (Wildman–Crippen LogP) is 6.31. The monoisotopic (exact) mass is 555 g/mol. The van der Waals surface area contributed by atoms with Crippen LogP contribution in [0.5, 0.6) is 0 Å². The topological polar surface area (TPSA) is 93.4 Å². The van der Waals surface area contributed by atoms with Crippen LogP contribution in [0.4, 0.5) is 0 Å². The lowest BCUT2D eigenvalue weighted by Crippen LogP contribution is -2.50. The SMILES string of the molecule is CCCCCCCCN1CCC2(CC1)CN=C1SC=C(c3ccc(Cl)c(Cl)c3)N1C2.O=C(O)C(=O)O. The molecule has 0 bridgehead atoms. The number of hydrogen-bond acceptors (Lipinski definition) is 6. The molecule has 4 rings (SSSR count). The standard InChI is InChI=1S/C24H33Cl2N3S.C2H2O4/c1-2-3-4-5-6-7-12-28-13-10-24(11-14-28)17-27-23-29(18-24)22(16-30-23)19-8-9-20(25)21(26)15-19;3-1(4)2(5)6/h8-9,15-16H,2-7,10-14,17-18H2,1H3;(H,3,4)(H,5,6). The van der Waals surface area contributed by atoms with Crippen LogP contribution in [0.15, 0.2) is 28.6 Å². The van der Waals surface area contributed by atoms with Crippen LogP contribution < -0.4 is 0 Å². The second-order valence-corrected chi connectivity index (χ2v) is 11.3. The minimum atomic E-state index is -1.82. The number of likely N-dealkylation sites (tertiary alicyclic amines) is 1. The second-order valence-electron chi connectivity index (χ2n) is 9.65. The molecule has 36 heavy (non-hydrogen) atoms. The van der Waals surface area contributed by atoms with Crippen LogP contribution in [-0.2, 0) is 9.59 Å². The highest BCUT2D eigenvalue weighted by Gasteiger charge is 2.42. The van der Waals surface area contributed by atoms with Gasteiger partial charge in [0.2, 0.25) is 0 Å². The summed E-state index contributed by atoms with van der Waals surface area (Å²) >= 11 is 14.1. The number of carbonyl (C=O) groups is 2. The number of aliphatic carboxylic acids is 2. The van der Waals surface area contributed by atoms with Gasteiger partial charge in [0.15, 0.2) is 5.17 Å². The Kier molecular flexibility index (Phi) is 11.0. The van der Waals surface area contributed by atoms with Crippen molar-refractivity contribution in [2.24, 2.45) is 10.4 Å². The summed E-state index contributed by atoms with van der Waals surface area (Å²) in [4.78, 5) is 28.3. The van der Waals surface area contributed by atoms with Gasteiger partial charge in [-0.1, -0.05) is 80.1 Å². The molecule has 1 fully saturated rings. The normalized spacial score (nSPS) is 18.7. The van der Waals surface area contributed by atoms with Crippen LogP contribution in [0.25, 0.3) is 5.70 Å². The number of unbranched alkanes of at least 4 members (excludes halogenated alkanes) is 5. The summed E-state index contributed by atoms with van der Waals surface area (Å²) in [6.07, 6.45) is 10.8. The molecular weight excluding hydrogens is 521 g/mol. The fourth-order valence-electron chi connectivity index (χ4n) is 4.80. The minimum Gasteiger partial charge on any atom is -0.473 e. The number of halogens is 2. The Morgan fingerprint density at radius 1 is 1.03 bits per heavy atom. The van der Waals surface area contributed by atoms with E-state index in [4.69, 9.17) is 48.0 Å². The third kappa shape index (κ3) is 7.88. The maximum atomic E-state index is 9.10. The van der Waals surface area contributed by atoms with Gasteiger partial charge < -0.3 is 20.0 Å². The zero-order valence-corrected chi connectivity index (χ0v) is 23.0. The van der Waals surface area contributed by atoms with Gasteiger partial charge in [-0.05, 0) is 51.0 Å². The van der Waals surface area contributed by atoms with Crippen LogP contribution in [0, 0.1) is 5.41 Å². The Morgan fingerprint density at radius 3 is 2.33 bits per heavy atom. The van der Waals surface area contributed by atoms with Gasteiger partial charge in [-0.15, -0.1) is 0 Å². The Balaban J connectivity index is 0.000000538.